The van der Waals surface area contributed by atoms with Gasteiger partial charge in [-0.05, 0) is 30.0 Å². The highest BCUT2D eigenvalue weighted by Crippen LogP contribution is 2.28. The summed E-state index contributed by atoms with van der Waals surface area (Å²) >= 11 is 6.51. The average Bonchev–Trinajstić information content (AvgIpc) is 3.25. The number of rotatable bonds is 8. The number of nitrogens with one attached hydrogen (secondary N) is 3. The molecule has 6 nitrogen and oxygen atoms in total. The molecule has 0 radical (unpaired) electrons. The fraction of sp³-hybridized carbons (Fsp3) is 0.185. The van der Waals surface area contributed by atoms with E-state index < -0.39 is 6.04 Å². The maximum Gasteiger partial charge on any atom is 0.315 e. The van der Waals surface area contributed by atoms with Gasteiger partial charge in [0.2, 0.25) is 0 Å². The van der Waals surface area contributed by atoms with Crippen molar-refractivity contribution < 1.29 is 4.79 Å². The number of hydrogen-bond acceptors (Lipinski definition) is 3. The van der Waals surface area contributed by atoms with Gasteiger partial charge in [-0.1, -0.05) is 96.0 Å². The molecule has 1 heterocycles. The van der Waals surface area contributed by atoms with Crippen molar-refractivity contribution in [1.82, 2.24) is 20.6 Å². The van der Waals surface area contributed by atoms with Crippen LogP contribution < -0.4 is 16.4 Å². The summed E-state index contributed by atoms with van der Waals surface area (Å²) in [5.74, 6) is 0.604. The molecular formula is C27H28ClN5O. The summed E-state index contributed by atoms with van der Waals surface area (Å²) in [6.07, 6.45) is 0.566. The van der Waals surface area contributed by atoms with E-state index in [1.54, 1.807) is 0 Å². The Labute approximate surface area is 204 Å². The maximum atomic E-state index is 12.8. The third-order valence-electron chi connectivity index (χ3n) is 5.63. The van der Waals surface area contributed by atoms with Crippen LogP contribution in [0.25, 0.3) is 11.3 Å². The molecule has 2 amide bonds. The van der Waals surface area contributed by atoms with E-state index in [0.717, 1.165) is 27.8 Å². The predicted molar refractivity (Wildman–Crippen MR) is 136 cm³/mol. The number of nitrogens with zero attached hydrogens (tertiary/aromatic N) is 1. The van der Waals surface area contributed by atoms with Crippen molar-refractivity contribution in [3.8, 4) is 11.3 Å². The second kappa shape index (κ2) is 11.0. The molecule has 7 heteroatoms. The van der Waals surface area contributed by atoms with Gasteiger partial charge in [0.1, 0.15) is 16.7 Å². The van der Waals surface area contributed by atoms with E-state index in [9.17, 15) is 4.79 Å². The lowest BCUT2D eigenvalue weighted by Crippen LogP contribution is -2.38. The van der Waals surface area contributed by atoms with Gasteiger partial charge in [-0.3, -0.25) is 0 Å². The molecule has 0 unspecified atom stereocenters. The molecule has 5 N–H and O–H groups in total. The quantitative estimate of drug-likeness (QED) is 0.280. The highest BCUT2D eigenvalue weighted by Gasteiger charge is 2.21. The van der Waals surface area contributed by atoms with Gasteiger partial charge in [0.15, 0.2) is 0 Å². The first-order valence-electron chi connectivity index (χ1n) is 11.2. The van der Waals surface area contributed by atoms with Crippen LogP contribution in [0.2, 0.25) is 5.15 Å². The van der Waals surface area contributed by atoms with Crippen LogP contribution in [0.3, 0.4) is 0 Å². The molecule has 174 valence electrons. The van der Waals surface area contributed by atoms with Crippen LogP contribution in [0.1, 0.15) is 34.1 Å². The topological polar surface area (TPSA) is 95.8 Å². The number of imidazole rings is 1. The molecule has 0 aliphatic heterocycles. The molecule has 0 saturated carbocycles. The van der Waals surface area contributed by atoms with Gasteiger partial charge in [0, 0.05) is 18.7 Å². The van der Waals surface area contributed by atoms with Crippen molar-refractivity contribution in [3.05, 3.63) is 112 Å². The largest absolute Gasteiger partial charge is 0.334 e. The second-order valence-corrected chi connectivity index (χ2v) is 8.62. The van der Waals surface area contributed by atoms with E-state index in [1.165, 1.54) is 0 Å². The van der Waals surface area contributed by atoms with Gasteiger partial charge in [0.05, 0.1) is 6.04 Å². The van der Waals surface area contributed by atoms with Crippen molar-refractivity contribution in [2.45, 2.75) is 32.5 Å². The van der Waals surface area contributed by atoms with Crippen molar-refractivity contribution in [1.29, 1.82) is 0 Å². The number of nitrogens with two attached hydrogens (primary N) is 1. The molecule has 0 aliphatic rings. The summed E-state index contributed by atoms with van der Waals surface area (Å²) in [4.78, 5) is 20.7. The Balaban J connectivity index is 1.51. The lowest BCUT2D eigenvalue weighted by Gasteiger charge is -2.18. The summed E-state index contributed by atoms with van der Waals surface area (Å²) in [6.45, 7) is 2.93. The van der Waals surface area contributed by atoms with Crippen molar-refractivity contribution in [2.75, 3.05) is 0 Å². The summed E-state index contributed by atoms with van der Waals surface area (Å²) in [5.41, 5.74) is 11.5. The van der Waals surface area contributed by atoms with Crippen LogP contribution in [0.4, 0.5) is 4.79 Å². The minimum atomic E-state index is -0.390. The van der Waals surface area contributed by atoms with E-state index >= 15 is 0 Å². The third-order valence-corrected chi connectivity index (χ3v) is 5.91. The number of aryl methyl sites for hydroxylation is 1. The third kappa shape index (κ3) is 6.04. The Hall–Kier alpha value is -3.61. The first-order chi connectivity index (χ1) is 16.5. The number of H-pyrrole nitrogens is 1. The van der Waals surface area contributed by atoms with Crippen molar-refractivity contribution in [3.63, 3.8) is 0 Å². The summed E-state index contributed by atoms with van der Waals surface area (Å²) < 4.78 is 0. The highest BCUT2D eigenvalue weighted by atomic mass is 35.5. The number of hydrogen-bond donors (Lipinski definition) is 4. The monoisotopic (exact) mass is 473 g/mol. The summed E-state index contributed by atoms with van der Waals surface area (Å²) in [6, 6.07) is 25.2. The molecule has 3 aromatic carbocycles. The van der Waals surface area contributed by atoms with Gasteiger partial charge in [-0.2, -0.15) is 0 Å². The highest BCUT2D eigenvalue weighted by molar-refractivity contribution is 6.31. The zero-order chi connectivity index (χ0) is 23.9. The summed E-state index contributed by atoms with van der Waals surface area (Å²) in [5, 5.41) is 6.42. The molecule has 0 fully saturated rings. The SMILES string of the molecule is Cc1ccc(-c2nc([C@H](Cc3ccccc3)NC(=O)NCc3ccc(CN)cc3)[nH]c2Cl)cc1. The Bertz CT molecular complexity index is 1220. The predicted octanol–water partition coefficient (Wildman–Crippen LogP) is 5.28. The van der Waals surface area contributed by atoms with Crippen LogP contribution in [0.15, 0.2) is 78.9 Å². The minimum Gasteiger partial charge on any atom is -0.334 e. The molecular weight excluding hydrogens is 446 g/mol. The van der Waals surface area contributed by atoms with E-state index in [1.807, 2.05) is 85.8 Å². The molecule has 4 rings (SSSR count). The summed E-state index contributed by atoms with van der Waals surface area (Å²) in [7, 11) is 0. The number of amides is 2. The Morgan fingerprint density at radius 3 is 2.32 bits per heavy atom. The molecule has 1 atom stereocenters. The number of aromatic amines is 1. The zero-order valence-electron chi connectivity index (χ0n) is 19.0. The maximum absolute atomic E-state index is 12.8. The number of aromatic nitrogens is 2. The van der Waals surface area contributed by atoms with Crippen LogP contribution in [0.5, 0.6) is 0 Å². The second-order valence-electron chi connectivity index (χ2n) is 8.24. The normalized spacial score (nSPS) is 11.7. The average molecular weight is 474 g/mol. The Morgan fingerprint density at radius 2 is 1.65 bits per heavy atom. The van der Waals surface area contributed by atoms with Gasteiger partial charge >= 0.3 is 6.03 Å². The fourth-order valence-corrected chi connectivity index (χ4v) is 3.94. The molecule has 0 spiro atoms. The standard InChI is InChI=1S/C27H28ClN5O/c1-18-7-13-22(14-8-18)24-25(28)33-26(32-24)23(15-19-5-3-2-4-6-19)31-27(34)30-17-21-11-9-20(16-29)10-12-21/h2-14,23H,15-17,29H2,1H3,(H,32,33)(H2,30,31,34)/t23-/m0/s1. The first kappa shape index (κ1) is 23.5. The van der Waals surface area contributed by atoms with Crippen LogP contribution in [0, 0.1) is 6.92 Å². The lowest BCUT2D eigenvalue weighted by atomic mass is 10.1. The van der Waals surface area contributed by atoms with Crippen molar-refractivity contribution >= 4 is 17.6 Å². The van der Waals surface area contributed by atoms with Gasteiger partial charge in [-0.25, -0.2) is 9.78 Å². The number of halogens is 1. The Kier molecular flexibility index (Phi) is 7.62. The number of carbonyl (C=O) groups excluding carboxylic acids is 1. The van der Waals surface area contributed by atoms with Crippen LogP contribution in [-0.4, -0.2) is 16.0 Å². The molecule has 34 heavy (non-hydrogen) atoms. The molecule has 0 aliphatic carbocycles. The van der Waals surface area contributed by atoms with E-state index in [-0.39, 0.29) is 6.03 Å². The number of carbonyl (C=O) groups is 1. The number of benzene rings is 3. The van der Waals surface area contributed by atoms with E-state index in [2.05, 4.69) is 15.6 Å². The smallest absolute Gasteiger partial charge is 0.315 e. The molecule has 0 bridgehead atoms. The van der Waals surface area contributed by atoms with Gasteiger partial charge in [0.25, 0.3) is 0 Å². The molecule has 1 aromatic heterocycles. The molecule has 0 saturated heterocycles. The van der Waals surface area contributed by atoms with Crippen molar-refractivity contribution in [2.24, 2.45) is 5.73 Å². The van der Waals surface area contributed by atoms with Crippen LogP contribution in [-0.2, 0) is 19.5 Å². The Morgan fingerprint density at radius 1 is 0.971 bits per heavy atom. The first-order valence-corrected chi connectivity index (χ1v) is 11.6. The molecule has 4 aromatic rings. The fourth-order valence-electron chi connectivity index (χ4n) is 3.69. The lowest BCUT2D eigenvalue weighted by molar-refractivity contribution is 0.236. The van der Waals surface area contributed by atoms with E-state index in [0.29, 0.717) is 36.2 Å². The van der Waals surface area contributed by atoms with Gasteiger partial charge in [-0.15, -0.1) is 0 Å². The zero-order valence-corrected chi connectivity index (χ0v) is 19.8. The minimum absolute atomic E-state index is 0.284. The van der Waals surface area contributed by atoms with Gasteiger partial charge < -0.3 is 21.4 Å². The van der Waals surface area contributed by atoms with Crippen LogP contribution >= 0.6 is 11.6 Å². The van der Waals surface area contributed by atoms with E-state index in [4.69, 9.17) is 22.3 Å². The number of urea groups is 1.